The highest BCUT2D eigenvalue weighted by molar-refractivity contribution is 5.50. The van der Waals surface area contributed by atoms with E-state index in [9.17, 15) is 0 Å². The molecule has 0 N–H and O–H groups in total. The summed E-state index contributed by atoms with van der Waals surface area (Å²) in [7, 11) is 0. The highest BCUT2D eigenvalue weighted by Gasteiger charge is 2.30. The lowest BCUT2D eigenvalue weighted by molar-refractivity contribution is 0.611. The molecular weight excluding hydrogens is 168 g/mol. The molecule has 14 heavy (non-hydrogen) atoms. The van der Waals surface area contributed by atoms with Crippen LogP contribution in [0.4, 0.5) is 0 Å². The maximum Gasteiger partial charge on any atom is -0.000969 e. The van der Waals surface area contributed by atoms with Gasteiger partial charge in [-0.3, -0.25) is 0 Å². The molecule has 0 radical (unpaired) electrons. The SMILES string of the molecule is CCCCC1=C2CCCC(=C1C)C2C. The van der Waals surface area contributed by atoms with E-state index in [1.807, 2.05) is 0 Å². The number of allylic oxidation sites excluding steroid dienone is 4. The van der Waals surface area contributed by atoms with Gasteiger partial charge in [0.05, 0.1) is 0 Å². The maximum absolute atomic E-state index is 2.41. The highest BCUT2D eigenvalue weighted by atomic mass is 14.3. The van der Waals surface area contributed by atoms with Gasteiger partial charge in [-0.05, 0) is 56.1 Å². The second-order valence-electron chi connectivity index (χ2n) is 4.83. The largest absolute Gasteiger partial charge is 0.0654 e. The predicted molar refractivity (Wildman–Crippen MR) is 62.3 cm³/mol. The lowest BCUT2D eigenvalue weighted by Crippen LogP contribution is -2.06. The lowest BCUT2D eigenvalue weighted by Gasteiger charge is -2.20. The molecule has 2 rings (SSSR count). The quantitative estimate of drug-likeness (QED) is 0.609. The zero-order valence-electron chi connectivity index (χ0n) is 9.82. The Morgan fingerprint density at radius 2 is 1.93 bits per heavy atom. The monoisotopic (exact) mass is 190 g/mol. The van der Waals surface area contributed by atoms with Crippen LogP contribution in [-0.2, 0) is 0 Å². The molecule has 0 amide bonds. The van der Waals surface area contributed by atoms with Crippen LogP contribution in [0.1, 0.15) is 59.3 Å². The molecule has 0 nitrogen and oxygen atoms in total. The van der Waals surface area contributed by atoms with Crippen LogP contribution in [0.15, 0.2) is 22.3 Å². The molecule has 2 bridgehead atoms. The third-order valence-electron chi connectivity index (χ3n) is 4.04. The van der Waals surface area contributed by atoms with Crippen molar-refractivity contribution < 1.29 is 0 Å². The molecule has 2 aliphatic carbocycles. The summed E-state index contributed by atoms with van der Waals surface area (Å²) in [6, 6.07) is 0. The van der Waals surface area contributed by atoms with Crippen LogP contribution in [0.3, 0.4) is 0 Å². The Balaban J connectivity index is 2.24. The molecule has 78 valence electrons. The first-order valence-corrected chi connectivity index (χ1v) is 6.17. The Labute approximate surface area is 88.1 Å². The molecule has 0 heterocycles. The minimum Gasteiger partial charge on any atom is -0.0654 e. The van der Waals surface area contributed by atoms with Gasteiger partial charge >= 0.3 is 0 Å². The van der Waals surface area contributed by atoms with Gasteiger partial charge in [-0.25, -0.2) is 0 Å². The van der Waals surface area contributed by atoms with E-state index >= 15 is 0 Å². The van der Waals surface area contributed by atoms with Gasteiger partial charge in [0.25, 0.3) is 0 Å². The van der Waals surface area contributed by atoms with E-state index < -0.39 is 0 Å². The fraction of sp³-hybridized carbons (Fsp3) is 0.714. The van der Waals surface area contributed by atoms with Crippen molar-refractivity contribution in [3.05, 3.63) is 22.3 Å². The first kappa shape index (κ1) is 10.0. The Morgan fingerprint density at radius 3 is 2.57 bits per heavy atom. The first-order chi connectivity index (χ1) is 6.75. The second kappa shape index (κ2) is 3.92. The van der Waals surface area contributed by atoms with Crippen molar-refractivity contribution >= 4 is 0 Å². The van der Waals surface area contributed by atoms with E-state index in [0.29, 0.717) is 0 Å². The van der Waals surface area contributed by atoms with Crippen molar-refractivity contribution in [3.8, 4) is 0 Å². The summed E-state index contributed by atoms with van der Waals surface area (Å²) in [5.74, 6) is 0.801. The van der Waals surface area contributed by atoms with Gasteiger partial charge in [0.1, 0.15) is 0 Å². The molecule has 0 aromatic heterocycles. The van der Waals surface area contributed by atoms with E-state index in [1.165, 1.54) is 38.5 Å². The Hall–Kier alpha value is -0.520. The van der Waals surface area contributed by atoms with E-state index in [1.54, 1.807) is 22.3 Å². The average Bonchev–Trinajstić information content (AvgIpc) is 2.36. The molecule has 0 spiro atoms. The van der Waals surface area contributed by atoms with Crippen LogP contribution in [0.5, 0.6) is 0 Å². The lowest BCUT2D eigenvalue weighted by atomic mass is 9.84. The molecule has 0 aromatic carbocycles. The topological polar surface area (TPSA) is 0 Å². The molecule has 0 aromatic rings. The van der Waals surface area contributed by atoms with Gasteiger partial charge in [-0.2, -0.15) is 0 Å². The van der Waals surface area contributed by atoms with Gasteiger partial charge < -0.3 is 0 Å². The fourth-order valence-corrected chi connectivity index (χ4v) is 3.17. The number of unbranched alkanes of at least 4 members (excludes halogenated alkanes) is 1. The molecule has 1 fully saturated rings. The molecule has 2 aliphatic rings. The van der Waals surface area contributed by atoms with Crippen LogP contribution >= 0.6 is 0 Å². The first-order valence-electron chi connectivity index (χ1n) is 6.17. The van der Waals surface area contributed by atoms with Gasteiger partial charge in [0.2, 0.25) is 0 Å². The predicted octanol–water partition coefficient (Wildman–Crippen LogP) is 4.62. The Morgan fingerprint density at radius 1 is 1.21 bits per heavy atom. The van der Waals surface area contributed by atoms with E-state index in [0.717, 1.165) is 5.92 Å². The number of hydrogen-bond acceptors (Lipinski definition) is 0. The van der Waals surface area contributed by atoms with Gasteiger partial charge in [-0.1, -0.05) is 31.4 Å². The van der Waals surface area contributed by atoms with Crippen molar-refractivity contribution in [2.45, 2.75) is 59.3 Å². The minimum atomic E-state index is 0.801. The minimum absolute atomic E-state index is 0.801. The summed E-state index contributed by atoms with van der Waals surface area (Å²) < 4.78 is 0. The van der Waals surface area contributed by atoms with Crippen LogP contribution < -0.4 is 0 Å². The zero-order chi connectivity index (χ0) is 10.1. The normalized spacial score (nSPS) is 26.4. The Bertz CT molecular complexity index is 291. The van der Waals surface area contributed by atoms with E-state index in [-0.39, 0.29) is 0 Å². The maximum atomic E-state index is 2.41. The Kier molecular flexibility index (Phi) is 2.80. The third kappa shape index (κ3) is 1.45. The van der Waals surface area contributed by atoms with Crippen molar-refractivity contribution in [1.29, 1.82) is 0 Å². The number of hydrogen-bond donors (Lipinski definition) is 0. The van der Waals surface area contributed by atoms with Crippen molar-refractivity contribution in [1.82, 2.24) is 0 Å². The summed E-state index contributed by atoms with van der Waals surface area (Å²) in [4.78, 5) is 0. The van der Waals surface area contributed by atoms with Crippen LogP contribution in [0, 0.1) is 5.92 Å². The molecule has 1 saturated carbocycles. The number of rotatable bonds is 3. The fourth-order valence-electron chi connectivity index (χ4n) is 3.17. The van der Waals surface area contributed by atoms with Gasteiger partial charge in [-0.15, -0.1) is 0 Å². The second-order valence-corrected chi connectivity index (χ2v) is 4.83. The summed E-state index contributed by atoms with van der Waals surface area (Å²) >= 11 is 0. The van der Waals surface area contributed by atoms with Crippen molar-refractivity contribution in [2.24, 2.45) is 5.92 Å². The summed E-state index contributed by atoms with van der Waals surface area (Å²) in [5.41, 5.74) is 6.96. The van der Waals surface area contributed by atoms with Crippen LogP contribution in [-0.4, -0.2) is 0 Å². The van der Waals surface area contributed by atoms with E-state index in [2.05, 4.69) is 20.8 Å². The standard InChI is InChI=1S/C14H22/c1-4-5-7-13-10(2)12-8-6-9-14(13)11(12)3/h11H,4-9H2,1-3H3. The molecule has 1 unspecified atom stereocenters. The van der Waals surface area contributed by atoms with Crippen molar-refractivity contribution in [2.75, 3.05) is 0 Å². The molecule has 0 saturated heterocycles. The summed E-state index contributed by atoms with van der Waals surface area (Å²) in [6.07, 6.45) is 8.19. The van der Waals surface area contributed by atoms with Crippen LogP contribution in [0.2, 0.25) is 0 Å². The highest BCUT2D eigenvalue weighted by Crippen LogP contribution is 2.47. The van der Waals surface area contributed by atoms with Crippen molar-refractivity contribution in [3.63, 3.8) is 0 Å². The smallest absolute Gasteiger partial charge is 0.000969 e. The third-order valence-corrected chi connectivity index (χ3v) is 4.04. The zero-order valence-corrected chi connectivity index (χ0v) is 9.82. The van der Waals surface area contributed by atoms with Gasteiger partial charge in [0, 0.05) is 0 Å². The molecule has 0 heteroatoms. The molecular formula is C14H22. The summed E-state index contributed by atoms with van der Waals surface area (Å²) in [5, 5.41) is 0. The van der Waals surface area contributed by atoms with Gasteiger partial charge in [0.15, 0.2) is 0 Å². The number of fused-ring (bicyclic) bond motifs is 2. The molecule has 1 atom stereocenters. The molecule has 0 aliphatic heterocycles. The average molecular weight is 190 g/mol. The van der Waals surface area contributed by atoms with Crippen LogP contribution in [0.25, 0.3) is 0 Å². The summed E-state index contributed by atoms with van der Waals surface area (Å²) in [6.45, 7) is 7.06. The van der Waals surface area contributed by atoms with E-state index in [4.69, 9.17) is 0 Å².